The van der Waals surface area contributed by atoms with Crippen molar-refractivity contribution in [1.82, 2.24) is 14.8 Å². The predicted octanol–water partition coefficient (Wildman–Crippen LogP) is 3.86. The third-order valence-corrected chi connectivity index (χ3v) is 7.26. The van der Waals surface area contributed by atoms with Crippen molar-refractivity contribution in [1.29, 1.82) is 0 Å². The fourth-order valence-electron chi connectivity index (χ4n) is 5.47. The molecule has 2 heterocycles. The highest BCUT2D eigenvalue weighted by Crippen LogP contribution is 2.30. The first-order chi connectivity index (χ1) is 15.0. The van der Waals surface area contributed by atoms with Gasteiger partial charge in [0.1, 0.15) is 5.75 Å². The van der Waals surface area contributed by atoms with Crippen LogP contribution in [0.2, 0.25) is 0 Å². The molecule has 2 aromatic carbocycles. The van der Waals surface area contributed by atoms with E-state index in [2.05, 4.69) is 39.0 Å². The van der Waals surface area contributed by atoms with Crippen molar-refractivity contribution < 1.29 is 9.53 Å². The summed E-state index contributed by atoms with van der Waals surface area (Å²) in [7, 11) is 3.68. The van der Waals surface area contributed by atoms with E-state index in [4.69, 9.17) is 4.74 Å². The van der Waals surface area contributed by atoms with Crippen molar-refractivity contribution in [2.24, 2.45) is 7.05 Å². The summed E-state index contributed by atoms with van der Waals surface area (Å²) in [4.78, 5) is 16.0. The second-order valence-corrected chi connectivity index (χ2v) is 9.04. The van der Waals surface area contributed by atoms with E-state index in [-0.39, 0.29) is 11.9 Å². The van der Waals surface area contributed by atoms with Crippen molar-refractivity contribution in [3.8, 4) is 5.75 Å². The number of nitrogens with zero attached hydrogens (tertiary/aromatic N) is 2. The molecule has 1 atom stereocenters. The second kappa shape index (κ2) is 8.04. The molecule has 5 nitrogen and oxygen atoms in total. The Kier molecular flexibility index (Phi) is 5.22. The van der Waals surface area contributed by atoms with Crippen LogP contribution in [0.15, 0.2) is 42.5 Å². The molecule has 5 rings (SSSR count). The fraction of sp³-hybridized carbons (Fsp3) is 0.423. The Morgan fingerprint density at radius 3 is 2.58 bits per heavy atom. The number of hydrogen-bond acceptors (Lipinski definition) is 3. The number of rotatable bonds is 4. The molecule has 162 valence electrons. The number of aromatic nitrogens is 1. The molecule has 0 spiro atoms. The van der Waals surface area contributed by atoms with Crippen molar-refractivity contribution >= 4 is 16.8 Å². The maximum absolute atomic E-state index is 13.4. The molecule has 1 fully saturated rings. The molecule has 1 saturated heterocycles. The van der Waals surface area contributed by atoms with Gasteiger partial charge in [-0.1, -0.05) is 24.3 Å². The van der Waals surface area contributed by atoms with Crippen LogP contribution in [0, 0.1) is 6.92 Å². The third-order valence-electron chi connectivity index (χ3n) is 7.26. The minimum atomic E-state index is 0.0258. The van der Waals surface area contributed by atoms with Crippen LogP contribution >= 0.6 is 0 Å². The van der Waals surface area contributed by atoms with Crippen molar-refractivity contribution in [3.05, 3.63) is 64.8 Å². The summed E-state index contributed by atoms with van der Waals surface area (Å²) >= 11 is 0. The molecule has 3 aromatic rings. The topological polar surface area (TPSA) is 46.5 Å². The number of benzene rings is 2. The first-order valence-corrected chi connectivity index (χ1v) is 11.3. The molecule has 1 N–H and O–H groups in total. The summed E-state index contributed by atoms with van der Waals surface area (Å²) in [5.74, 6) is 0.801. The smallest absolute Gasteiger partial charge is 0.253 e. The van der Waals surface area contributed by atoms with Gasteiger partial charge in [-0.15, -0.1) is 0 Å². The number of piperidine rings is 1. The molecule has 1 aromatic heterocycles. The highest BCUT2D eigenvalue weighted by molar-refractivity contribution is 6.08. The molecule has 1 aliphatic heterocycles. The average molecular weight is 418 g/mol. The predicted molar refractivity (Wildman–Crippen MR) is 124 cm³/mol. The normalized spacial score (nSPS) is 19.5. The summed E-state index contributed by atoms with van der Waals surface area (Å²) in [6.45, 7) is 4.07. The number of aryl methyl sites for hydroxylation is 1. The first-order valence-electron chi connectivity index (χ1n) is 11.3. The van der Waals surface area contributed by atoms with Crippen molar-refractivity contribution in [2.75, 3.05) is 20.2 Å². The van der Waals surface area contributed by atoms with Gasteiger partial charge in [0.05, 0.1) is 12.7 Å². The van der Waals surface area contributed by atoms with Crippen molar-refractivity contribution in [3.63, 3.8) is 0 Å². The van der Waals surface area contributed by atoms with Gasteiger partial charge in [-0.25, -0.2) is 0 Å². The molecule has 31 heavy (non-hydrogen) atoms. The third kappa shape index (κ3) is 3.61. The maximum Gasteiger partial charge on any atom is 0.253 e. The zero-order valence-corrected chi connectivity index (χ0v) is 18.6. The largest absolute Gasteiger partial charge is 0.497 e. The van der Waals surface area contributed by atoms with Crippen LogP contribution in [0.4, 0.5) is 0 Å². The van der Waals surface area contributed by atoms with Gasteiger partial charge in [-0.2, -0.15) is 0 Å². The molecule has 0 saturated carbocycles. The van der Waals surface area contributed by atoms with Gasteiger partial charge in [0.15, 0.2) is 0 Å². The van der Waals surface area contributed by atoms with E-state index in [1.165, 1.54) is 11.1 Å². The quantitative estimate of drug-likeness (QED) is 0.701. The summed E-state index contributed by atoms with van der Waals surface area (Å²) in [5.41, 5.74) is 5.77. The standard InChI is InChI=1S/C26H31N3O2/c1-17-25(23-15-22(31-3)10-11-24(23)28(17)2)26(30)27-20-9-6-12-29(16-20)21-13-18-7-4-5-8-19(18)14-21/h4-5,7-8,10-11,15,20-21H,6,9,12-14,16H2,1-3H3,(H,27,30). The molecule has 0 bridgehead atoms. The van der Waals surface area contributed by atoms with E-state index in [9.17, 15) is 4.79 Å². The molecule has 5 heteroatoms. The molecular weight excluding hydrogens is 386 g/mol. The van der Waals surface area contributed by atoms with E-state index in [0.717, 1.165) is 66.7 Å². The number of carbonyl (C=O) groups excluding carboxylic acids is 1. The lowest BCUT2D eigenvalue weighted by Crippen LogP contribution is -2.51. The summed E-state index contributed by atoms with van der Waals surface area (Å²) in [5, 5.41) is 4.31. The second-order valence-electron chi connectivity index (χ2n) is 9.04. The zero-order chi connectivity index (χ0) is 21.5. The number of likely N-dealkylation sites (tertiary alicyclic amines) is 1. The summed E-state index contributed by atoms with van der Waals surface area (Å²) in [6, 6.07) is 15.5. The van der Waals surface area contributed by atoms with E-state index in [1.54, 1.807) is 7.11 Å². The van der Waals surface area contributed by atoms with Crippen LogP contribution in [0.25, 0.3) is 10.9 Å². The van der Waals surface area contributed by atoms with Crippen LogP contribution in [-0.4, -0.2) is 47.7 Å². The van der Waals surface area contributed by atoms with E-state index < -0.39 is 0 Å². The molecule has 1 unspecified atom stereocenters. The van der Waals surface area contributed by atoms with Gasteiger partial charge < -0.3 is 14.6 Å². The number of carbonyl (C=O) groups is 1. The van der Waals surface area contributed by atoms with Gasteiger partial charge >= 0.3 is 0 Å². The zero-order valence-electron chi connectivity index (χ0n) is 18.6. The van der Waals surface area contributed by atoms with Gasteiger partial charge in [0, 0.05) is 42.3 Å². The van der Waals surface area contributed by atoms with E-state index in [0.29, 0.717) is 6.04 Å². The number of nitrogens with one attached hydrogen (secondary N) is 1. The Morgan fingerprint density at radius 2 is 1.87 bits per heavy atom. The molecule has 1 aliphatic carbocycles. The van der Waals surface area contributed by atoms with Crippen LogP contribution in [0.3, 0.4) is 0 Å². The number of hydrogen-bond donors (Lipinski definition) is 1. The van der Waals surface area contributed by atoms with Gasteiger partial charge in [-0.3, -0.25) is 9.69 Å². The molecule has 1 amide bonds. The molecular formula is C26H31N3O2. The summed E-state index contributed by atoms with van der Waals surface area (Å²) in [6.07, 6.45) is 4.41. The minimum absolute atomic E-state index is 0.0258. The highest BCUT2D eigenvalue weighted by Gasteiger charge is 2.31. The maximum atomic E-state index is 13.4. The Morgan fingerprint density at radius 1 is 1.13 bits per heavy atom. The molecule has 2 aliphatic rings. The Hall–Kier alpha value is -2.79. The Balaban J connectivity index is 1.32. The number of ether oxygens (including phenoxy) is 1. The van der Waals surface area contributed by atoms with E-state index >= 15 is 0 Å². The van der Waals surface area contributed by atoms with E-state index in [1.807, 2.05) is 32.2 Å². The SMILES string of the molecule is COc1ccc2c(c1)c(C(=O)NC1CCCN(C3Cc4ccccc4C3)C1)c(C)n2C. The summed E-state index contributed by atoms with van der Waals surface area (Å²) < 4.78 is 7.50. The number of amides is 1. The van der Waals surface area contributed by atoms with Crippen LogP contribution in [0.5, 0.6) is 5.75 Å². The Labute approximate surface area is 184 Å². The van der Waals surface area contributed by atoms with Crippen LogP contribution in [-0.2, 0) is 19.9 Å². The number of methoxy groups -OCH3 is 1. The molecule has 0 radical (unpaired) electrons. The van der Waals surface area contributed by atoms with Gasteiger partial charge in [0.2, 0.25) is 0 Å². The Bertz CT molecular complexity index is 1110. The lowest BCUT2D eigenvalue weighted by atomic mass is 10.0. The first kappa shape index (κ1) is 20.1. The minimum Gasteiger partial charge on any atom is -0.497 e. The van der Waals surface area contributed by atoms with Crippen molar-refractivity contribution in [2.45, 2.75) is 44.7 Å². The lowest BCUT2D eigenvalue weighted by molar-refractivity contribution is 0.0877. The van der Waals surface area contributed by atoms with Crippen LogP contribution < -0.4 is 10.1 Å². The lowest BCUT2D eigenvalue weighted by Gasteiger charge is -2.37. The van der Waals surface area contributed by atoms with Crippen LogP contribution in [0.1, 0.15) is 40.0 Å². The highest BCUT2D eigenvalue weighted by atomic mass is 16.5. The van der Waals surface area contributed by atoms with Gasteiger partial charge in [0.25, 0.3) is 5.91 Å². The average Bonchev–Trinajstić information content (AvgIpc) is 3.33. The number of fused-ring (bicyclic) bond motifs is 2. The monoisotopic (exact) mass is 417 g/mol. The fourth-order valence-corrected chi connectivity index (χ4v) is 5.47. The van der Waals surface area contributed by atoms with Gasteiger partial charge in [-0.05, 0) is 68.5 Å².